The van der Waals surface area contributed by atoms with Gasteiger partial charge >= 0.3 is 12.6 Å². The van der Waals surface area contributed by atoms with Crippen LogP contribution in [0.3, 0.4) is 0 Å². The fraction of sp³-hybridized carbons (Fsp3) is 0.429. The number of carbonyl (C=O) groups is 2. The van der Waals surface area contributed by atoms with E-state index in [4.69, 9.17) is 9.84 Å². The number of carbonyl (C=O) groups excluding carboxylic acids is 1. The van der Waals surface area contributed by atoms with Gasteiger partial charge in [0.15, 0.2) is 0 Å². The van der Waals surface area contributed by atoms with Crippen molar-refractivity contribution in [3.63, 3.8) is 0 Å². The summed E-state index contributed by atoms with van der Waals surface area (Å²) in [5, 5.41) is 10.9. The zero-order valence-corrected chi connectivity index (χ0v) is 11.8. The fourth-order valence-corrected chi connectivity index (χ4v) is 1.61. The summed E-state index contributed by atoms with van der Waals surface area (Å²) in [7, 11) is 0. The number of alkyl halides is 2. The van der Waals surface area contributed by atoms with Crippen LogP contribution in [0.4, 0.5) is 8.78 Å². The molecule has 0 atom stereocenters. The second-order valence-electron chi connectivity index (χ2n) is 4.32. The van der Waals surface area contributed by atoms with Crippen LogP contribution in [0.15, 0.2) is 24.3 Å². The largest absolute Gasteiger partial charge is 0.480 e. The third-order valence-corrected chi connectivity index (χ3v) is 2.58. The van der Waals surface area contributed by atoms with Crippen molar-refractivity contribution in [3.8, 4) is 5.75 Å². The highest BCUT2D eigenvalue weighted by Gasteiger charge is 2.05. The molecule has 0 aliphatic rings. The summed E-state index contributed by atoms with van der Waals surface area (Å²) < 4.78 is 32.9. The minimum Gasteiger partial charge on any atom is -0.480 e. The number of rotatable bonds is 10. The molecule has 0 unspecified atom stereocenters. The molecule has 0 bridgehead atoms. The summed E-state index contributed by atoms with van der Waals surface area (Å²) in [6, 6.07) is 6.06. The van der Waals surface area contributed by atoms with Gasteiger partial charge in [-0.2, -0.15) is 8.78 Å². The van der Waals surface area contributed by atoms with Gasteiger partial charge in [-0.05, 0) is 24.1 Å². The summed E-state index contributed by atoms with van der Waals surface area (Å²) in [5.41, 5.74) is 0.818. The number of aryl methyl sites for hydroxylation is 1. The average molecular weight is 317 g/mol. The van der Waals surface area contributed by atoms with E-state index in [2.05, 4.69) is 10.1 Å². The Balaban J connectivity index is 2.19. The standard InChI is InChI=1S/C14H17F2NO5/c15-14(16)22-11-4-1-10(2-5-11)3-6-12(18)17-7-8-21-9-13(19)20/h1-2,4-5,14H,3,6-9H2,(H,17,18)(H,19,20). The molecular weight excluding hydrogens is 300 g/mol. The normalized spacial score (nSPS) is 10.5. The molecule has 1 rings (SSSR count). The quantitative estimate of drug-likeness (QED) is 0.638. The van der Waals surface area contributed by atoms with Crippen molar-refractivity contribution in [2.45, 2.75) is 19.5 Å². The fourth-order valence-electron chi connectivity index (χ4n) is 1.61. The molecule has 1 aromatic carbocycles. The maximum atomic E-state index is 12.0. The number of nitrogens with one attached hydrogen (secondary N) is 1. The lowest BCUT2D eigenvalue weighted by atomic mass is 10.1. The van der Waals surface area contributed by atoms with Crippen molar-refractivity contribution in [1.82, 2.24) is 5.32 Å². The van der Waals surface area contributed by atoms with Crippen molar-refractivity contribution >= 4 is 11.9 Å². The minimum atomic E-state index is -2.86. The molecule has 6 nitrogen and oxygen atoms in total. The molecule has 0 radical (unpaired) electrons. The van der Waals surface area contributed by atoms with E-state index in [1.165, 1.54) is 12.1 Å². The molecule has 0 saturated heterocycles. The molecule has 22 heavy (non-hydrogen) atoms. The van der Waals surface area contributed by atoms with E-state index in [0.29, 0.717) is 6.42 Å². The van der Waals surface area contributed by atoms with Crippen LogP contribution >= 0.6 is 0 Å². The van der Waals surface area contributed by atoms with E-state index < -0.39 is 19.2 Å². The number of carboxylic acids is 1. The smallest absolute Gasteiger partial charge is 0.387 e. The molecule has 0 aliphatic carbocycles. The summed E-state index contributed by atoms with van der Waals surface area (Å²) in [6.07, 6.45) is 0.685. The van der Waals surface area contributed by atoms with Crippen LogP contribution in [0.25, 0.3) is 0 Å². The maximum absolute atomic E-state index is 12.0. The van der Waals surface area contributed by atoms with Gasteiger partial charge in [0.1, 0.15) is 12.4 Å². The highest BCUT2D eigenvalue weighted by atomic mass is 19.3. The summed E-state index contributed by atoms with van der Waals surface area (Å²) in [6.45, 7) is -2.91. The lowest BCUT2D eigenvalue weighted by Gasteiger charge is -2.07. The Morgan fingerprint density at radius 3 is 2.50 bits per heavy atom. The SMILES string of the molecule is O=C(O)COCCNC(=O)CCc1ccc(OC(F)F)cc1. The topological polar surface area (TPSA) is 84.9 Å². The van der Waals surface area contributed by atoms with Gasteiger partial charge in [0.2, 0.25) is 5.91 Å². The second-order valence-corrected chi connectivity index (χ2v) is 4.32. The Labute approximate surface area is 126 Å². The molecule has 0 spiro atoms. The van der Waals surface area contributed by atoms with Gasteiger partial charge in [-0.1, -0.05) is 12.1 Å². The first-order chi connectivity index (χ1) is 10.5. The molecule has 2 N–H and O–H groups in total. The molecule has 1 aromatic rings. The summed E-state index contributed by atoms with van der Waals surface area (Å²) in [4.78, 5) is 21.7. The zero-order chi connectivity index (χ0) is 16.4. The maximum Gasteiger partial charge on any atom is 0.387 e. The second kappa shape index (κ2) is 9.67. The van der Waals surface area contributed by atoms with E-state index in [9.17, 15) is 18.4 Å². The molecule has 0 aliphatic heterocycles. The Morgan fingerprint density at radius 1 is 1.23 bits per heavy atom. The average Bonchev–Trinajstić information content (AvgIpc) is 2.45. The van der Waals surface area contributed by atoms with Gasteiger partial charge < -0.3 is 19.9 Å². The third-order valence-electron chi connectivity index (χ3n) is 2.58. The predicted octanol–water partition coefficient (Wildman–Crippen LogP) is 1.44. The van der Waals surface area contributed by atoms with Gasteiger partial charge in [0.05, 0.1) is 6.61 Å². The molecular formula is C14H17F2NO5. The van der Waals surface area contributed by atoms with Gasteiger partial charge in [-0.15, -0.1) is 0 Å². The van der Waals surface area contributed by atoms with Crippen molar-refractivity contribution in [3.05, 3.63) is 29.8 Å². The molecule has 0 heterocycles. The molecule has 0 aromatic heterocycles. The van der Waals surface area contributed by atoms with E-state index in [1.807, 2.05) is 0 Å². The number of hydrogen-bond acceptors (Lipinski definition) is 4. The Bertz CT molecular complexity index is 479. The van der Waals surface area contributed by atoms with Crippen LogP contribution in [0, 0.1) is 0 Å². The number of hydrogen-bond donors (Lipinski definition) is 2. The lowest BCUT2D eigenvalue weighted by Crippen LogP contribution is -2.28. The molecule has 122 valence electrons. The Hall–Kier alpha value is -2.22. The monoisotopic (exact) mass is 317 g/mol. The number of aliphatic carboxylic acids is 1. The van der Waals surface area contributed by atoms with E-state index in [1.54, 1.807) is 12.1 Å². The Kier molecular flexibility index (Phi) is 7.84. The van der Waals surface area contributed by atoms with E-state index in [0.717, 1.165) is 5.56 Å². The van der Waals surface area contributed by atoms with Gasteiger partial charge in [-0.3, -0.25) is 4.79 Å². The molecule has 0 saturated carbocycles. The number of amides is 1. The number of carboxylic acid groups (broad SMARTS) is 1. The molecule has 8 heteroatoms. The van der Waals surface area contributed by atoms with Crippen LogP contribution in [0.1, 0.15) is 12.0 Å². The number of benzene rings is 1. The van der Waals surface area contributed by atoms with Crippen molar-refractivity contribution in [2.75, 3.05) is 19.8 Å². The van der Waals surface area contributed by atoms with Crippen molar-refractivity contribution in [2.24, 2.45) is 0 Å². The molecule has 1 amide bonds. The van der Waals surface area contributed by atoms with Crippen LogP contribution in [0.5, 0.6) is 5.75 Å². The predicted molar refractivity (Wildman–Crippen MR) is 72.9 cm³/mol. The van der Waals surface area contributed by atoms with Gasteiger partial charge in [-0.25, -0.2) is 4.79 Å². The van der Waals surface area contributed by atoms with Crippen LogP contribution in [-0.2, 0) is 20.7 Å². The van der Waals surface area contributed by atoms with Crippen molar-refractivity contribution < 1.29 is 33.0 Å². The summed E-state index contributed by atoms with van der Waals surface area (Å²) in [5.74, 6) is -1.20. The van der Waals surface area contributed by atoms with Crippen LogP contribution in [0.2, 0.25) is 0 Å². The number of ether oxygens (including phenoxy) is 2. The van der Waals surface area contributed by atoms with Crippen molar-refractivity contribution in [1.29, 1.82) is 0 Å². The third kappa shape index (κ3) is 8.15. The van der Waals surface area contributed by atoms with E-state index in [-0.39, 0.29) is 31.2 Å². The van der Waals surface area contributed by atoms with Crippen LogP contribution < -0.4 is 10.1 Å². The summed E-state index contributed by atoms with van der Waals surface area (Å²) >= 11 is 0. The van der Waals surface area contributed by atoms with Gasteiger partial charge in [0, 0.05) is 13.0 Å². The highest BCUT2D eigenvalue weighted by Crippen LogP contribution is 2.15. The van der Waals surface area contributed by atoms with Gasteiger partial charge in [0.25, 0.3) is 0 Å². The lowest BCUT2D eigenvalue weighted by molar-refractivity contribution is -0.142. The van der Waals surface area contributed by atoms with Crippen LogP contribution in [-0.4, -0.2) is 43.4 Å². The minimum absolute atomic E-state index is 0.0683. The first-order valence-electron chi connectivity index (χ1n) is 6.57. The molecule has 0 fully saturated rings. The highest BCUT2D eigenvalue weighted by molar-refractivity contribution is 5.76. The number of halogens is 2. The van der Waals surface area contributed by atoms with E-state index >= 15 is 0 Å². The Morgan fingerprint density at radius 2 is 1.91 bits per heavy atom. The first-order valence-corrected chi connectivity index (χ1v) is 6.57. The first kappa shape index (κ1) is 17.8. The zero-order valence-electron chi connectivity index (χ0n) is 11.8.